The van der Waals surface area contributed by atoms with Gasteiger partial charge >= 0.3 is 0 Å². The molecule has 0 aliphatic heterocycles. The maximum Gasteiger partial charge on any atom is 0.161 e. The molecule has 88 valence electrons. The Kier molecular flexibility index (Phi) is 6.11. The molecule has 0 aliphatic rings. The van der Waals surface area contributed by atoms with Gasteiger partial charge in [0.15, 0.2) is 11.5 Å². The maximum atomic E-state index is 5.59. The summed E-state index contributed by atoms with van der Waals surface area (Å²) >= 11 is 0. The van der Waals surface area contributed by atoms with E-state index in [1.165, 1.54) is 0 Å². The van der Waals surface area contributed by atoms with Crippen molar-refractivity contribution in [1.29, 1.82) is 0 Å². The fourth-order valence-corrected chi connectivity index (χ4v) is 1.30. The first-order valence-electron chi connectivity index (χ1n) is 5.46. The van der Waals surface area contributed by atoms with Crippen LogP contribution in [0.15, 0.2) is 36.9 Å². The number of methoxy groups -OCH3 is 1. The third-order valence-electron chi connectivity index (χ3n) is 2.13. The molecule has 0 unspecified atom stereocenters. The van der Waals surface area contributed by atoms with E-state index in [1.807, 2.05) is 30.3 Å². The first kappa shape index (κ1) is 12.6. The van der Waals surface area contributed by atoms with Gasteiger partial charge in [0.05, 0.1) is 7.11 Å². The van der Waals surface area contributed by atoms with Crippen molar-refractivity contribution in [1.82, 2.24) is 5.32 Å². The number of hydrogen-bond donors (Lipinski definition) is 1. The van der Waals surface area contributed by atoms with Gasteiger partial charge in [-0.05, 0) is 25.1 Å². The molecule has 0 amide bonds. The van der Waals surface area contributed by atoms with Gasteiger partial charge in [0, 0.05) is 6.54 Å². The van der Waals surface area contributed by atoms with Crippen LogP contribution in [-0.4, -0.2) is 26.8 Å². The molecule has 0 heterocycles. The van der Waals surface area contributed by atoms with E-state index in [1.54, 1.807) is 7.11 Å². The predicted molar refractivity (Wildman–Crippen MR) is 66.2 cm³/mol. The standard InChI is InChI=1S/C13H19NO2/c1-3-4-9-14-10-11-16-13-8-6-5-7-12(13)15-2/h3,5-8,14H,1,4,9-11H2,2H3. The summed E-state index contributed by atoms with van der Waals surface area (Å²) in [6, 6.07) is 7.65. The topological polar surface area (TPSA) is 30.5 Å². The van der Waals surface area contributed by atoms with Crippen LogP contribution in [-0.2, 0) is 0 Å². The molecular formula is C13H19NO2. The molecular weight excluding hydrogens is 202 g/mol. The lowest BCUT2D eigenvalue weighted by Crippen LogP contribution is -2.21. The number of hydrogen-bond acceptors (Lipinski definition) is 3. The smallest absolute Gasteiger partial charge is 0.161 e. The Bertz CT molecular complexity index is 313. The van der Waals surface area contributed by atoms with E-state index in [0.717, 1.165) is 31.0 Å². The third-order valence-corrected chi connectivity index (χ3v) is 2.13. The summed E-state index contributed by atoms with van der Waals surface area (Å²) < 4.78 is 10.8. The lowest BCUT2D eigenvalue weighted by Gasteiger charge is -2.10. The molecule has 0 fully saturated rings. The van der Waals surface area contributed by atoms with Crippen molar-refractivity contribution in [3.8, 4) is 11.5 Å². The molecule has 1 rings (SSSR count). The van der Waals surface area contributed by atoms with Crippen LogP contribution in [0.3, 0.4) is 0 Å². The second kappa shape index (κ2) is 7.77. The minimum absolute atomic E-state index is 0.636. The molecule has 0 radical (unpaired) electrons. The Morgan fingerprint density at radius 1 is 1.25 bits per heavy atom. The summed E-state index contributed by atoms with van der Waals surface area (Å²) in [4.78, 5) is 0. The molecule has 0 bridgehead atoms. The molecule has 16 heavy (non-hydrogen) atoms. The van der Waals surface area contributed by atoms with Crippen LogP contribution in [0.25, 0.3) is 0 Å². The van der Waals surface area contributed by atoms with Crippen molar-refractivity contribution in [2.75, 3.05) is 26.8 Å². The molecule has 3 heteroatoms. The molecule has 0 saturated carbocycles. The summed E-state index contributed by atoms with van der Waals surface area (Å²) in [5.41, 5.74) is 0. The lowest BCUT2D eigenvalue weighted by molar-refractivity contribution is 0.293. The molecule has 0 aromatic heterocycles. The fraction of sp³-hybridized carbons (Fsp3) is 0.385. The summed E-state index contributed by atoms with van der Waals surface area (Å²) in [6.07, 6.45) is 2.88. The zero-order chi connectivity index (χ0) is 11.6. The minimum atomic E-state index is 0.636. The minimum Gasteiger partial charge on any atom is -0.493 e. The number of rotatable bonds is 8. The zero-order valence-corrected chi connectivity index (χ0v) is 9.74. The van der Waals surface area contributed by atoms with Crippen molar-refractivity contribution in [2.24, 2.45) is 0 Å². The first-order chi connectivity index (χ1) is 7.88. The summed E-state index contributed by atoms with van der Waals surface area (Å²) in [7, 11) is 1.64. The molecule has 3 nitrogen and oxygen atoms in total. The van der Waals surface area contributed by atoms with Crippen LogP contribution >= 0.6 is 0 Å². The Balaban J connectivity index is 2.23. The summed E-state index contributed by atoms with van der Waals surface area (Å²) in [5, 5.41) is 3.26. The van der Waals surface area contributed by atoms with Crippen LogP contribution in [0.4, 0.5) is 0 Å². The van der Waals surface area contributed by atoms with Gasteiger partial charge in [-0.15, -0.1) is 6.58 Å². The third kappa shape index (κ3) is 4.36. The van der Waals surface area contributed by atoms with Crippen molar-refractivity contribution in [3.63, 3.8) is 0 Å². The van der Waals surface area contributed by atoms with Crippen LogP contribution in [0.1, 0.15) is 6.42 Å². The van der Waals surface area contributed by atoms with Gasteiger partial charge in [-0.2, -0.15) is 0 Å². The van der Waals surface area contributed by atoms with E-state index in [-0.39, 0.29) is 0 Å². The van der Waals surface area contributed by atoms with E-state index in [0.29, 0.717) is 6.61 Å². The SMILES string of the molecule is C=CCCNCCOc1ccccc1OC. The Morgan fingerprint density at radius 2 is 2.00 bits per heavy atom. The summed E-state index contributed by atoms with van der Waals surface area (Å²) in [5.74, 6) is 1.56. The molecule has 1 aromatic rings. The molecule has 0 aliphatic carbocycles. The molecule has 1 aromatic carbocycles. The number of para-hydroxylation sites is 2. The van der Waals surface area contributed by atoms with Crippen LogP contribution in [0.5, 0.6) is 11.5 Å². The van der Waals surface area contributed by atoms with E-state index in [4.69, 9.17) is 9.47 Å². The summed E-state index contributed by atoms with van der Waals surface area (Å²) in [6.45, 7) is 6.07. The fourth-order valence-electron chi connectivity index (χ4n) is 1.30. The van der Waals surface area contributed by atoms with Crippen molar-refractivity contribution in [3.05, 3.63) is 36.9 Å². The Morgan fingerprint density at radius 3 is 2.69 bits per heavy atom. The number of nitrogens with one attached hydrogen (secondary N) is 1. The highest BCUT2D eigenvalue weighted by Gasteiger charge is 2.00. The van der Waals surface area contributed by atoms with E-state index in [9.17, 15) is 0 Å². The molecule has 0 saturated heterocycles. The van der Waals surface area contributed by atoms with E-state index >= 15 is 0 Å². The second-order valence-electron chi connectivity index (χ2n) is 3.33. The van der Waals surface area contributed by atoms with Crippen molar-refractivity contribution < 1.29 is 9.47 Å². The highest BCUT2D eigenvalue weighted by atomic mass is 16.5. The van der Waals surface area contributed by atoms with Gasteiger partial charge < -0.3 is 14.8 Å². The average Bonchev–Trinajstić information content (AvgIpc) is 2.34. The maximum absolute atomic E-state index is 5.59. The largest absolute Gasteiger partial charge is 0.493 e. The quantitative estimate of drug-likeness (QED) is 0.539. The normalized spacial score (nSPS) is 9.81. The van der Waals surface area contributed by atoms with Crippen molar-refractivity contribution in [2.45, 2.75) is 6.42 Å². The highest BCUT2D eigenvalue weighted by Crippen LogP contribution is 2.25. The first-order valence-corrected chi connectivity index (χ1v) is 5.46. The highest BCUT2D eigenvalue weighted by molar-refractivity contribution is 5.39. The average molecular weight is 221 g/mol. The number of benzene rings is 1. The molecule has 0 atom stereocenters. The predicted octanol–water partition coefficient (Wildman–Crippen LogP) is 2.24. The monoisotopic (exact) mass is 221 g/mol. The van der Waals surface area contributed by atoms with Crippen molar-refractivity contribution >= 4 is 0 Å². The molecule has 1 N–H and O–H groups in total. The molecule has 0 spiro atoms. The van der Waals surface area contributed by atoms with E-state index < -0.39 is 0 Å². The van der Waals surface area contributed by atoms with Gasteiger partial charge in [-0.25, -0.2) is 0 Å². The van der Waals surface area contributed by atoms with Gasteiger partial charge in [0.25, 0.3) is 0 Å². The second-order valence-corrected chi connectivity index (χ2v) is 3.33. The number of ether oxygens (including phenoxy) is 2. The van der Waals surface area contributed by atoms with Crippen LogP contribution in [0.2, 0.25) is 0 Å². The van der Waals surface area contributed by atoms with Gasteiger partial charge in [-0.1, -0.05) is 18.2 Å². The lowest BCUT2D eigenvalue weighted by atomic mass is 10.3. The van der Waals surface area contributed by atoms with Gasteiger partial charge in [0.1, 0.15) is 6.61 Å². The van der Waals surface area contributed by atoms with Crippen LogP contribution in [0, 0.1) is 0 Å². The Hall–Kier alpha value is -1.48. The van der Waals surface area contributed by atoms with E-state index in [2.05, 4.69) is 11.9 Å². The Labute approximate surface area is 97.1 Å². The zero-order valence-electron chi connectivity index (χ0n) is 9.74. The van der Waals surface area contributed by atoms with Gasteiger partial charge in [-0.3, -0.25) is 0 Å². The van der Waals surface area contributed by atoms with Crippen LogP contribution < -0.4 is 14.8 Å². The van der Waals surface area contributed by atoms with Gasteiger partial charge in [0.2, 0.25) is 0 Å².